The average molecular weight is 260 g/mol. The van der Waals surface area contributed by atoms with Gasteiger partial charge in [0.25, 0.3) is 0 Å². The van der Waals surface area contributed by atoms with E-state index < -0.39 is 0 Å². The molecule has 0 aliphatic heterocycles. The highest BCUT2D eigenvalue weighted by molar-refractivity contribution is 5.83. The van der Waals surface area contributed by atoms with Gasteiger partial charge >= 0.3 is 0 Å². The summed E-state index contributed by atoms with van der Waals surface area (Å²) in [5, 5.41) is 4.84. The first-order valence-electron chi connectivity index (χ1n) is 7.01. The molecule has 19 heavy (non-hydrogen) atoms. The molecule has 1 aromatic heterocycles. The van der Waals surface area contributed by atoms with Crippen LogP contribution in [0, 0.1) is 0 Å². The summed E-state index contributed by atoms with van der Waals surface area (Å²) in [6.07, 6.45) is 3.23. The number of aromatic nitrogens is 1. The molecule has 2 rings (SSSR count). The molecule has 0 fully saturated rings. The lowest BCUT2D eigenvalue weighted by atomic mass is 10.1. The zero-order valence-corrected chi connectivity index (χ0v) is 12.1. The standard InChI is InChI=1S/C16H24N2O/c1-13(2)17-12-14-6-4-7-16-15(14)8-10-18(16)9-5-11-19-3/h4,6-8,10,13,17H,5,9,11-12H2,1-3H3. The monoisotopic (exact) mass is 260 g/mol. The summed E-state index contributed by atoms with van der Waals surface area (Å²) >= 11 is 0. The Kier molecular flexibility index (Phi) is 5.00. The lowest BCUT2D eigenvalue weighted by Gasteiger charge is -2.10. The molecule has 104 valence electrons. The van der Waals surface area contributed by atoms with E-state index >= 15 is 0 Å². The molecule has 0 aliphatic carbocycles. The van der Waals surface area contributed by atoms with Crippen LogP contribution in [0.4, 0.5) is 0 Å². The first-order chi connectivity index (χ1) is 9.22. The number of ether oxygens (including phenoxy) is 1. The second-order valence-electron chi connectivity index (χ2n) is 5.24. The van der Waals surface area contributed by atoms with Gasteiger partial charge in [0.15, 0.2) is 0 Å². The zero-order valence-electron chi connectivity index (χ0n) is 12.1. The molecule has 0 radical (unpaired) electrons. The topological polar surface area (TPSA) is 26.2 Å². The third kappa shape index (κ3) is 3.58. The van der Waals surface area contributed by atoms with Crippen LogP contribution in [-0.2, 0) is 17.8 Å². The van der Waals surface area contributed by atoms with E-state index in [0.717, 1.165) is 26.1 Å². The molecule has 0 saturated heterocycles. The van der Waals surface area contributed by atoms with Crippen molar-refractivity contribution in [2.75, 3.05) is 13.7 Å². The Morgan fingerprint density at radius 3 is 2.84 bits per heavy atom. The Balaban J connectivity index is 2.16. The lowest BCUT2D eigenvalue weighted by Crippen LogP contribution is -2.21. The first kappa shape index (κ1) is 14.1. The Morgan fingerprint density at radius 2 is 2.11 bits per heavy atom. The SMILES string of the molecule is COCCCn1ccc2c(CNC(C)C)cccc21. The van der Waals surface area contributed by atoms with Gasteiger partial charge in [-0.2, -0.15) is 0 Å². The highest BCUT2D eigenvalue weighted by atomic mass is 16.5. The molecule has 0 amide bonds. The van der Waals surface area contributed by atoms with Gasteiger partial charge in [-0.05, 0) is 24.1 Å². The number of rotatable bonds is 7. The first-order valence-corrected chi connectivity index (χ1v) is 7.01. The number of aryl methyl sites for hydroxylation is 1. The van der Waals surface area contributed by atoms with Gasteiger partial charge in [0.1, 0.15) is 0 Å². The van der Waals surface area contributed by atoms with Crippen molar-refractivity contribution >= 4 is 10.9 Å². The fourth-order valence-corrected chi connectivity index (χ4v) is 2.33. The molecular formula is C16H24N2O. The summed E-state index contributed by atoms with van der Waals surface area (Å²) in [4.78, 5) is 0. The molecule has 0 atom stereocenters. The molecular weight excluding hydrogens is 236 g/mol. The number of nitrogens with zero attached hydrogens (tertiary/aromatic N) is 1. The Bertz CT molecular complexity index is 516. The van der Waals surface area contributed by atoms with Crippen LogP contribution >= 0.6 is 0 Å². The van der Waals surface area contributed by atoms with Crippen molar-refractivity contribution in [1.29, 1.82) is 0 Å². The quantitative estimate of drug-likeness (QED) is 0.774. The fourth-order valence-electron chi connectivity index (χ4n) is 2.33. The van der Waals surface area contributed by atoms with Crippen LogP contribution in [-0.4, -0.2) is 24.3 Å². The maximum absolute atomic E-state index is 5.12. The van der Waals surface area contributed by atoms with Gasteiger partial charge in [-0.1, -0.05) is 26.0 Å². The minimum atomic E-state index is 0.513. The summed E-state index contributed by atoms with van der Waals surface area (Å²) in [7, 11) is 1.75. The van der Waals surface area contributed by atoms with E-state index in [9.17, 15) is 0 Å². The highest BCUT2D eigenvalue weighted by Gasteiger charge is 2.05. The minimum Gasteiger partial charge on any atom is -0.385 e. The maximum atomic E-state index is 5.12. The lowest BCUT2D eigenvalue weighted by molar-refractivity contribution is 0.190. The van der Waals surface area contributed by atoms with Crippen LogP contribution in [0.25, 0.3) is 10.9 Å². The van der Waals surface area contributed by atoms with Crippen molar-refractivity contribution in [3.05, 3.63) is 36.0 Å². The van der Waals surface area contributed by atoms with E-state index in [4.69, 9.17) is 4.74 Å². The Hall–Kier alpha value is -1.32. The van der Waals surface area contributed by atoms with Crippen LogP contribution in [0.15, 0.2) is 30.5 Å². The van der Waals surface area contributed by atoms with Gasteiger partial charge in [0.2, 0.25) is 0 Å². The number of nitrogens with one attached hydrogen (secondary N) is 1. The molecule has 0 bridgehead atoms. The summed E-state index contributed by atoms with van der Waals surface area (Å²) in [6.45, 7) is 7.11. The van der Waals surface area contributed by atoms with Crippen LogP contribution in [0.3, 0.4) is 0 Å². The van der Waals surface area contributed by atoms with Crippen molar-refractivity contribution in [3.8, 4) is 0 Å². The number of benzene rings is 1. The normalized spacial score (nSPS) is 11.6. The molecule has 0 saturated carbocycles. The van der Waals surface area contributed by atoms with Crippen LogP contribution in [0.5, 0.6) is 0 Å². The maximum Gasteiger partial charge on any atom is 0.0483 e. The molecule has 1 aromatic carbocycles. The molecule has 1 N–H and O–H groups in total. The number of hydrogen-bond acceptors (Lipinski definition) is 2. The van der Waals surface area contributed by atoms with E-state index in [1.807, 2.05) is 0 Å². The van der Waals surface area contributed by atoms with Crippen LogP contribution in [0.2, 0.25) is 0 Å². The van der Waals surface area contributed by atoms with Gasteiger partial charge in [0, 0.05) is 49.9 Å². The highest BCUT2D eigenvalue weighted by Crippen LogP contribution is 2.20. The Morgan fingerprint density at radius 1 is 1.26 bits per heavy atom. The summed E-state index contributed by atoms with van der Waals surface area (Å²) in [5.74, 6) is 0. The third-order valence-corrected chi connectivity index (χ3v) is 3.35. The fraction of sp³-hybridized carbons (Fsp3) is 0.500. The molecule has 3 heteroatoms. The van der Waals surface area contributed by atoms with E-state index in [1.54, 1.807) is 7.11 Å². The summed E-state index contributed by atoms with van der Waals surface area (Å²) in [6, 6.07) is 9.28. The third-order valence-electron chi connectivity index (χ3n) is 3.35. The van der Waals surface area contributed by atoms with E-state index in [1.165, 1.54) is 16.5 Å². The summed E-state index contributed by atoms with van der Waals surface area (Å²) < 4.78 is 7.43. The van der Waals surface area contributed by atoms with Crippen molar-refractivity contribution in [2.24, 2.45) is 0 Å². The van der Waals surface area contributed by atoms with Gasteiger partial charge in [0.05, 0.1) is 0 Å². The number of hydrogen-bond donors (Lipinski definition) is 1. The predicted octanol–water partition coefficient (Wildman–Crippen LogP) is 3.18. The van der Waals surface area contributed by atoms with Crippen molar-refractivity contribution in [3.63, 3.8) is 0 Å². The Labute approximate surface area is 115 Å². The van der Waals surface area contributed by atoms with Gasteiger partial charge in [-0.15, -0.1) is 0 Å². The smallest absolute Gasteiger partial charge is 0.0483 e. The molecule has 0 aliphatic rings. The number of fused-ring (bicyclic) bond motifs is 1. The van der Waals surface area contributed by atoms with Crippen molar-refractivity contribution in [2.45, 2.75) is 39.4 Å². The van der Waals surface area contributed by atoms with E-state index in [2.05, 4.69) is 54.2 Å². The number of methoxy groups -OCH3 is 1. The zero-order chi connectivity index (χ0) is 13.7. The van der Waals surface area contributed by atoms with Gasteiger partial charge in [-0.25, -0.2) is 0 Å². The molecule has 0 unspecified atom stereocenters. The summed E-state index contributed by atoms with van der Waals surface area (Å²) in [5.41, 5.74) is 2.69. The molecule has 3 nitrogen and oxygen atoms in total. The predicted molar refractivity (Wildman–Crippen MR) is 80.4 cm³/mol. The van der Waals surface area contributed by atoms with Gasteiger partial charge < -0.3 is 14.6 Å². The van der Waals surface area contributed by atoms with Crippen molar-refractivity contribution in [1.82, 2.24) is 9.88 Å². The van der Waals surface area contributed by atoms with Crippen LogP contribution < -0.4 is 5.32 Å². The second-order valence-corrected chi connectivity index (χ2v) is 5.24. The van der Waals surface area contributed by atoms with Crippen LogP contribution in [0.1, 0.15) is 25.8 Å². The minimum absolute atomic E-state index is 0.513. The van der Waals surface area contributed by atoms with E-state index in [0.29, 0.717) is 6.04 Å². The molecule has 0 spiro atoms. The largest absolute Gasteiger partial charge is 0.385 e. The van der Waals surface area contributed by atoms with Gasteiger partial charge in [-0.3, -0.25) is 0 Å². The van der Waals surface area contributed by atoms with E-state index in [-0.39, 0.29) is 0 Å². The van der Waals surface area contributed by atoms with Crippen molar-refractivity contribution < 1.29 is 4.74 Å². The molecule has 1 heterocycles. The molecule has 2 aromatic rings. The second kappa shape index (κ2) is 6.73. The average Bonchev–Trinajstić information content (AvgIpc) is 2.80.